The molecule has 3 N–H and O–H groups in total. The summed E-state index contributed by atoms with van der Waals surface area (Å²) >= 11 is 0. The quantitative estimate of drug-likeness (QED) is 0.650. The summed E-state index contributed by atoms with van der Waals surface area (Å²) in [7, 11) is 0. The van der Waals surface area contributed by atoms with Crippen molar-refractivity contribution in [1.29, 1.82) is 0 Å². The number of rotatable bonds is 3. The average molecular weight is 181 g/mol. The lowest BCUT2D eigenvalue weighted by Crippen LogP contribution is -2.14. The highest BCUT2D eigenvalue weighted by Crippen LogP contribution is 2.09. The van der Waals surface area contributed by atoms with Gasteiger partial charge in [0.25, 0.3) is 0 Å². The summed E-state index contributed by atoms with van der Waals surface area (Å²) in [5.74, 6) is 0.701. The van der Waals surface area contributed by atoms with E-state index in [0.29, 0.717) is 12.5 Å². The molecular weight excluding hydrogens is 166 g/mol. The predicted octanol–water partition coefficient (Wildman–Crippen LogP) is -0.654. The molecule has 0 amide bonds. The van der Waals surface area contributed by atoms with Crippen LogP contribution in [0.25, 0.3) is 0 Å². The molecule has 0 bridgehead atoms. The fraction of sp³-hybridized carbons (Fsp3) is 0.750. The molecule has 0 unspecified atom stereocenters. The molecule has 13 heavy (non-hydrogen) atoms. The van der Waals surface area contributed by atoms with E-state index in [9.17, 15) is 0 Å². The summed E-state index contributed by atoms with van der Waals surface area (Å²) < 4.78 is 1.89. The maximum atomic E-state index is 5.44. The summed E-state index contributed by atoms with van der Waals surface area (Å²) in [4.78, 5) is 0. The van der Waals surface area contributed by atoms with Crippen molar-refractivity contribution in [2.24, 2.45) is 11.7 Å². The molecule has 72 valence electrons. The van der Waals surface area contributed by atoms with Gasteiger partial charge in [0.1, 0.15) is 0 Å². The Morgan fingerprint density at radius 3 is 3.23 bits per heavy atom. The monoisotopic (exact) mass is 181 g/mol. The Balaban J connectivity index is 1.92. The van der Waals surface area contributed by atoms with Crippen molar-refractivity contribution in [3.63, 3.8) is 0 Å². The van der Waals surface area contributed by atoms with Gasteiger partial charge in [-0.2, -0.15) is 0 Å². The average Bonchev–Trinajstić information content (AvgIpc) is 2.76. The third-order valence-electron chi connectivity index (χ3n) is 2.40. The summed E-state index contributed by atoms with van der Waals surface area (Å²) in [5, 5.41) is 11.3. The van der Waals surface area contributed by atoms with E-state index in [4.69, 9.17) is 5.73 Å². The predicted molar refractivity (Wildman–Crippen MR) is 48.9 cm³/mol. The molecule has 1 aliphatic heterocycles. The van der Waals surface area contributed by atoms with Crippen LogP contribution in [0.2, 0.25) is 0 Å². The zero-order valence-corrected chi connectivity index (χ0v) is 7.61. The van der Waals surface area contributed by atoms with Crippen LogP contribution >= 0.6 is 0 Å². The summed E-state index contributed by atoms with van der Waals surface area (Å²) in [6.45, 7) is 3.66. The van der Waals surface area contributed by atoms with Crippen LogP contribution in [-0.4, -0.2) is 28.1 Å². The highest BCUT2D eigenvalue weighted by Gasteiger charge is 2.15. The van der Waals surface area contributed by atoms with Gasteiger partial charge in [-0.05, 0) is 25.4 Å². The first-order valence-electron chi connectivity index (χ1n) is 4.68. The molecule has 1 atom stereocenters. The highest BCUT2D eigenvalue weighted by atomic mass is 15.4. The largest absolute Gasteiger partial charge is 0.325 e. The van der Waals surface area contributed by atoms with Crippen molar-refractivity contribution >= 4 is 0 Å². The van der Waals surface area contributed by atoms with Gasteiger partial charge in [-0.25, -0.2) is 0 Å². The van der Waals surface area contributed by atoms with E-state index in [1.54, 1.807) is 0 Å². The van der Waals surface area contributed by atoms with Crippen molar-refractivity contribution in [1.82, 2.24) is 20.3 Å². The molecule has 0 radical (unpaired) electrons. The van der Waals surface area contributed by atoms with Crippen LogP contribution in [0.15, 0.2) is 6.20 Å². The molecule has 0 spiro atoms. The van der Waals surface area contributed by atoms with E-state index < -0.39 is 0 Å². The fourth-order valence-electron chi connectivity index (χ4n) is 1.66. The normalized spacial score (nSPS) is 22.4. The fourth-order valence-corrected chi connectivity index (χ4v) is 1.66. The molecule has 5 heteroatoms. The molecule has 0 saturated carbocycles. The van der Waals surface area contributed by atoms with E-state index >= 15 is 0 Å². The first-order valence-corrected chi connectivity index (χ1v) is 4.68. The standard InChI is InChI=1S/C8H15N5/c9-3-8-6-13(12-11-8)5-7-1-2-10-4-7/h6-7,10H,1-5,9H2/t7-/m1/s1. The first-order chi connectivity index (χ1) is 6.38. The van der Waals surface area contributed by atoms with Gasteiger partial charge < -0.3 is 11.1 Å². The maximum absolute atomic E-state index is 5.44. The van der Waals surface area contributed by atoms with Crippen molar-refractivity contribution in [2.45, 2.75) is 19.5 Å². The molecule has 1 aromatic heterocycles. The van der Waals surface area contributed by atoms with E-state index in [1.807, 2.05) is 10.9 Å². The molecular formula is C8H15N5. The molecule has 1 saturated heterocycles. The van der Waals surface area contributed by atoms with Crippen LogP contribution < -0.4 is 11.1 Å². The SMILES string of the molecule is NCc1cn(C[C@@H]2CCNC2)nn1. The smallest absolute Gasteiger partial charge is 0.0962 e. The number of nitrogens with two attached hydrogens (primary N) is 1. The van der Waals surface area contributed by atoms with Crippen molar-refractivity contribution in [3.8, 4) is 0 Å². The molecule has 2 heterocycles. The Kier molecular flexibility index (Phi) is 2.56. The van der Waals surface area contributed by atoms with Gasteiger partial charge in [0.15, 0.2) is 0 Å². The zero-order chi connectivity index (χ0) is 9.10. The van der Waals surface area contributed by atoms with Crippen LogP contribution in [-0.2, 0) is 13.1 Å². The Morgan fingerprint density at radius 1 is 1.69 bits per heavy atom. The van der Waals surface area contributed by atoms with Crippen LogP contribution in [0.5, 0.6) is 0 Å². The van der Waals surface area contributed by atoms with Crippen LogP contribution in [0.1, 0.15) is 12.1 Å². The van der Waals surface area contributed by atoms with Gasteiger partial charge in [0.2, 0.25) is 0 Å². The van der Waals surface area contributed by atoms with Gasteiger partial charge in [-0.15, -0.1) is 5.10 Å². The lowest BCUT2D eigenvalue weighted by molar-refractivity contribution is 0.441. The second-order valence-corrected chi connectivity index (χ2v) is 3.49. The number of hydrogen-bond acceptors (Lipinski definition) is 4. The maximum Gasteiger partial charge on any atom is 0.0962 e. The van der Waals surface area contributed by atoms with Crippen molar-refractivity contribution < 1.29 is 0 Å². The van der Waals surface area contributed by atoms with Crippen molar-refractivity contribution in [3.05, 3.63) is 11.9 Å². The Bertz CT molecular complexity index is 263. The lowest BCUT2D eigenvalue weighted by Gasteiger charge is -2.06. The topological polar surface area (TPSA) is 68.8 Å². The Hall–Kier alpha value is -0.940. The van der Waals surface area contributed by atoms with E-state index in [-0.39, 0.29) is 0 Å². The first kappa shape index (κ1) is 8.65. The van der Waals surface area contributed by atoms with Crippen LogP contribution in [0.3, 0.4) is 0 Å². The molecule has 5 nitrogen and oxygen atoms in total. The number of nitrogens with zero attached hydrogens (tertiary/aromatic N) is 3. The zero-order valence-electron chi connectivity index (χ0n) is 7.61. The third-order valence-corrected chi connectivity index (χ3v) is 2.40. The summed E-state index contributed by atoms with van der Waals surface area (Å²) in [6.07, 6.45) is 3.16. The molecule has 0 aromatic carbocycles. The minimum Gasteiger partial charge on any atom is -0.325 e. The minimum absolute atomic E-state index is 0.475. The Labute approximate surface area is 77.3 Å². The van der Waals surface area contributed by atoms with Gasteiger partial charge in [-0.1, -0.05) is 5.21 Å². The second kappa shape index (κ2) is 3.85. The number of aromatic nitrogens is 3. The van der Waals surface area contributed by atoms with Crippen LogP contribution in [0, 0.1) is 5.92 Å². The lowest BCUT2D eigenvalue weighted by atomic mass is 10.1. The van der Waals surface area contributed by atoms with Gasteiger partial charge in [-0.3, -0.25) is 4.68 Å². The molecule has 2 rings (SSSR count). The molecule has 1 aromatic rings. The second-order valence-electron chi connectivity index (χ2n) is 3.49. The molecule has 1 fully saturated rings. The van der Waals surface area contributed by atoms with Crippen LogP contribution in [0.4, 0.5) is 0 Å². The van der Waals surface area contributed by atoms with E-state index in [1.165, 1.54) is 6.42 Å². The summed E-state index contributed by atoms with van der Waals surface area (Å²) in [5.41, 5.74) is 6.31. The third kappa shape index (κ3) is 2.05. The van der Waals surface area contributed by atoms with E-state index in [0.717, 1.165) is 25.3 Å². The number of nitrogens with one attached hydrogen (secondary N) is 1. The molecule has 1 aliphatic rings. The van der Waals surface area contributed by atoms with E-state index in [2.05, 4.69) is 15.6 Å². The number of hydrogen-bond donors (Lipinski definition) is 2. The highest BCUT2D eigenvalue weighted by molar-refractivity contribution is 4.90. The summed E-state index contributed by atoms with van der Waals surface area (Å²) in [6, 6.07) is 0. The van der Waals surface area contributed by atoms with Gasteiger partial charge in [0, 0.05) is 19.3 Å². The Morgan fingerprint density at radius 2 is 2.62 bits per heavy atom. The van der Waals surface area contributed by atoms with Crippen molar-refractivity contribution in [2.75, 3.05) is 13.1 Å². The van der Waals surface area contributed by atoms with Gasteiger partial charge in [0.05, 0.1) is 5.69 Å². The van der Waals surface area contributed by atoms with Gasteiger partial charge >= 0.3 is 0 Å². The molecule has 0 aliphatic carbocycles. The minimum atomic E-state index is 0.475.